The first kappa shape index (κ1) is 18.2. The summed E-state index contributed by atoms with van der Waals surface area (Å²) in [6.07, 6.45) is 2.59. The minimum absolute atomic E-state index is 0.258. The van der Waals surface area contributed by atoms with Crippen molar-refractivity contribution in [3.8, 4) is 0 Å². The monoisotopic (exact) mass is 385 g/mol. The van der Waals surface area contributed by atoms with Crippen molar-refractivity contribution in [1.82, 2.24) is 0 Å². The van der Waals surface area contributed by atoms with Crippen LogP contribution in [-0.4, -0.2) is 66.3 Å². The van der Waals surface area contributed by atoms with Crippen molar-refractivity contribution < 1.29 is 24.2 Å². The van der Waals surface area contributed by atoms with Crippen LogP contribution in [0.3, 0.4) is 0 Å². The highest BCUT2D eigenvalue weighted by molar-refractivity contribution is 5.85. The molecule has 150 valence electrons. The van der Waals surface area contributed by atoms with Crippen LogP contribution < -0.4 is 5.32 Å². The molecule has 6 heteroatoms. The summed E-state index contributed by atoms with van der Waals surface area (Å²) in [5.74, 6) is -0.629. The quantitative estimate of drug-likeness (QED) is 0.407. The van der Waals surface area contributed by atoms with Crippen LogP contribution >= 0.6 is 0 Å². The molecular weight excluding hydrogens is 356 g/mol. The van der Waals surface area contributed by atoms with Crippen molar-refractivity contribution in [3.05, 3.63) is 41.5 Å². The summed E-state index contributed by atoms with van der Waals surface area (Å²) in [5, 5.41) is 26.2. The lowest BCUT2D eigenvalue weighted by Gasteiger charge is -2.58. The topological polar surface area (TPSA) is 78.8 Å². The van der Waals surface area contributed by atoms with Crippen LogP contribution in [0.2, 0.25) is 0 Å². The van der Waals surface area contributed by atoms with Crippen molar-refractivity contribution >= 4 is 11.7 Å². The summed E-state index contributed by atoms with van der Waals surface area (Å²) >= 11 is 0. The number of esters is 1. The average molecular weight is 385 g/mol. The van der Waals surface area contributed by atoms with Gasteiger partial charge in [0.05, 0.1) is 32.7 Å². The van der Waals surface area contributed by atoms with Crippen LogP contribution in [0.1, 0.15) is 25.3 Å². The molecule has 28 heavy (non-hydrogen) atoms. The third-order valence-corrected chi connectivity index (χ3v) is 8.64. The Balaban J connectivity index is 1.96. The number of carbonyl (C=O) groups is 1. The summed E-state index contributed by atoms with van der Waals surface area (Å²) < 4.78 is 5.98. The van der Waals surface area contributed by atoms with E-state index in [0.717, 1.165) is 29.9 Å². The Hall–Kier alpha value is -1.89. The van der Waals surface area contributed by atoms with Gasteiger partial charge < -0.3 is 20.3 Å². The summed E-state index contributed by atoms with van der Waals surface area (Å²) in [7, 11) is 3.59. The van der Waals surface area contributed by atoms with E-state index in [0.29, 0.717) is 17.3 Å². The third-order valence-electron chi connectivity index (χ3n) is 8.64. The van der Waals surface area contributed by atoms with Gasteiger partial charge in [0.15, 0.2) is 0 Å². The van der Waals surface area contributed by atoms with E-state index in [1.54, 1.807) is 0 Å². The molecule has 3 N–H and O–H groups in total. The van der Waals surface area contributed by atoms with Crippen LogP contribution in [0.5, 0.6) is 0 Å². The number of nitrogens with one attached hydrogen (secondary N) is 1. The molecular formula is C22H29N2O4+. The fraction of sp³-hybridized carbons (Fsp3) is 0.591. The van der Waals surface area contributed by atoms with E-state index in [1.807, 2.05) is 25.1 Å². The van der Waals surface area contributed by atoms with Gasteiger partial charge in [-0.15, -0.1) is 0 Å². The molecule has 4 heterocycles. The number of anilines is 1. The number of ether oxygens (including phenoxy) is 1. The minimum Gasteiger partial charge on any atom is -0.468 e. The van der Waals surface area contributed by atoms with E-state index in [4.69, 9.17) is 4.74 Å². The van der Waals surface area contributed by atoms with Crippen molar-refractivity contribution in [2.24, 2.45) is 11.3 Å². The van der Waals surface area contributed by atoms with Crippen LogP contribution in [0, 0.1) is 11.3 Å². The number of fused-ring (bicyclic) bond motifs is 3. The van der Waals surface area contributed by atoms with Gasteiger partial charge in [-0.1, -0.05) is 24.3 Å². The standard InChI is InChI=1S/C22H29N2O4/c1-4-14-12-24(2)10-9-21-15-7-5-6-8-17(15)23-22(21,24)18(26)11-16(14)20(21,13-25)19(27)28-3/h4-8,16,18,23,25-26H,9-13H2,1-3H3/q+1/b14-4-/t16-,18-,20-,21-,22?,24-/m0/s1. The molecule has 0 radical (unpaired) electrons. The molecule has 6 atom stereocenters. The number of aliphatic hydroxyl groups is 2. The van der Waals surface area contributed by atoms with Crippen molar-refractivity contribution in [2.75, 3.05) is 39.2 Å². The lowest BCUT2D eigenvalue weighted by atomic mass is 9.45. The number of para-hydroxylation sites is 1. The maximum atomic E-state index is 13.5. The first-order valence-corrected chi connectivity index (χ1v) is 10.1. The second kappa shape index (κ2) is 5.38. The molecule has 6 rings (SSSR count). The molecule has 4 bridgehead atoms. The predicted octanol–water partition coefficient (Wildman–Crippen LogP) is 1.39. The zero-order valence-corrected chi connectivity index (χ0v) is 16.7. The number of quaternary nitrogens is 1. The highest BCUT2D eigenvalue weighted by Crippen LogP contribution is 2.74. The average Bonchev–Trinajstić information content (AvgIpc) is 3.12. The van der Waals surface area contributed by atoms with E-state index in [1.165, 1.54) is 7.11 Å². The van der Waals surface area contributed by atoms with Crippen molar-refractivity contribution in [1.29, 1.82) is 0 Å². The lowest BCUT2D eigenvalue weighted by molar-refractivity contribution is -0.944. The van der Waals surface area contributed by atoms with Gasteiger partial charge in [0.2, 0.25) is 5.66 Å². The zero-order valence-electron chi connectivity index (χ0n) is 16.7. The van der Waals surface area contributed by atoms with E-state index < -0.39 is 22.6 Å². The van der Waals surface area contributed by atoms with E-state index >= 15 is 0 Å². The van der Waals surface area contributed by atoms with E-state index in [-0.39, 0.29) is 18.5 Å². The number of benzene rings is 1. The van der Waals surface area contributed by atoms with E-state index in [9.17, 15) is 15.0 Å². The molecule has 1 aromatic carbocycles. The molecule has 6 nitrogen and oxygen atoms in total. The Bertz CT molecular complexity index is 900. The maximum Gasteiger partial charge on any atom is 0.316 e. The first-order chi connectivity index (χ1) is 13.4. The van der Waals surface area contributed by atoms with Crippen LogP contribution in [0.25, 0.3) is 0 Å². The largest absolute Gasteiger partial charge is 0.468 e. The fourth-order valence-corrected chi connectivity index (χ4v) is 7.70. The van der Waals surface area contributed by atoms with Gasteiger partial charge in [0.1, 0.15) is 18.1 Å². The molecule has 3 saturated heterocycles. The minimum atomic E-state index is -1.13. The van der Waals surface area contributed by atoms with Gasteiger partial charge in [-0.2, -0.15) is 0 Å². The summed E-state index contributed by atoms with van der Waals surface area (Å²) in [5.41, 5.74) is 0.476. The molecule has 1 unspecified atom stereocenters. The highest BCUT2D eigenvalue weighted by atomic mass is 16.5. The Morgan fingerprint density at radius 1 is 1.43 bits per heavy atom. The van der Waals surface area contributed by atoms with Crippen molar-refractivity contribution in [3.63, 3.8) is 0 Å². The molecule has 1 saturated carbocycles. The van der Waals surface area contributed by atoms with Crippen LogP contribution in [-0.2, 0) is 14.9 Å². The second-order valence-electron chi connectivity index (χ2n) is 9.16. The number of aliphatic hydroxyl groups excluding tert-OH is 2. The number of allylic oxidation sites excluding steroid dienone is 1. The molecule has 1 aromatic rings. The van der Waals surface area contributed by atoms with Gasteiger partial charge >= 0.3 is 5.97 Å². The maximum absolute atomic E-state index is 13.5. The van der Waals surface area contributed by atoms with Gasteiger partial charge in [-0.3, -0.25) is 9.28 Å². The summed E-state index contributed by atoms with van der Waals surface area (Å²) in [4.78, 5) is 13.5. The number of carbonyl (C=O) groups excluding carboxylic acids is 1. The second-order valence-corrected chi connectivity index (χ2v) is 9.16. The number of methoxy groups -OCH3 is 1. The molecule has 0 amide bonds. The fourth-order valence-electron chi connectivity index (χ4n) is 7.70. The summed E-state index contributed by atoms with van der Waals surface area (Å²) in [6.45, 7) is 3.26. The first-order valence-electron chi connectivity index (χ1n) is 10.1. The third kappa shape index (κ3) is 1.52. The molecule has 5 aliphatic rings. The molecule has 1 spiro atoms. The molecule has 1 aliphatic carbocycles. The zero-order chi connectivity index (χ0) is 19.9. The normalized spacial score (nSPS) is 46.7. The summed E-state index contributed by atoms with van der Waals surface area (Å²) in [6, 6.07) is 8.04. The van der Waals surface area contributed by atoms with Gasteiger partial charge in [0.25, 0.3) is 0 Å². The van der Waals surface area contributed by atoms with Gasteiger partial charge in [0, 0.05) is 18.0 Å². The molecule has 4 fully saturated rings. The highest BCUT2D eigenvalue weighted by Gasteiger charge is 2.88. The van der Waals surface area contributed by atoms with Crippen LogP contribution in [0.4, 0.5) is 5.69 Å². The Morgan fingerprint density at radius 3 is 2.86 bits per heavy atom. The SMILES string of the molecule is C/C=C1/C[N@+]2(C)CC[C@@]34c5ccccc5NC32[C@@H](O)C[C@@H]1[C@@]4(CO)C(=O)OC. The number of likely N-dealkylation sites (N-methyl/N-ethyl adjacent to an activating group) is 1. The predicted molar refractivity (Wildman–Crippen MR) is 104 cm³/mol. The van der Waals surface area contributed by atoms with Gasteiger partial charge in [-0.05, 0) is 30.5 Å². The van der Waals surface area contributed by atoms with Crippen molar-refractivity contribution in [2.45, 2.75) is 36.9 Å². The van der Waals surface area contributed by atoms with E-state index in [2.05, 4.69) is 24.5 Å². The number of nitrogens with zero attached hydrogens (tertiary/aromatic N) is 1. The number of hydrogen-bond acceptors (Lipinski definition) is 5. The number of hydrogen-bond donors (Lipinski definition) is 3. The Kier molecular flexibility index (Phi) is 3.49. The molecule has 0 aromatic heterocycles. The Morgan fingerprint density at radius 2 is 2.18 bits per heavy atom. The van der Waals surface area contributed by atoms with Gasteiger partial charge in [-0.25, -0.2) is 0 Å². The molecule has 4 aliphatic heterocycles. The van der Waals surface area contributed by atoms with Crippen LogP contribution in [0.15, 0.2) is 35.9 Å². The Labute approximate surface area is 165 Å². The lowest BCUT2D eigenvalue weighted by Crippen LogP contribution is -2.78. The number of rotatable bonds is 2. The smallest absolute Gasteiger partial charge is 0.316 e.